The van der Waals surface area contributed by atoms with Crippen LogP contribution in [0, 0.1) is 0 Å². The van der Waals surface area contributed by atoms with Crippen molar-refractivity contribution in [2.45, 2.75) is 12.5 Å². The van der Waals surface area contributed by atoms with Crippen LogP contribution in [-0.4, -0.2) is 51.9 Å². The molecule has 1 aromatic carbocycles. The zero-order chi connectivity index (χ0) is 14.7. The molecule has 0 aliphatic carbocycles. The number of hydrazine groups is 2. The minimum absolute atomic E-state index is 0.0885. The fourth-order valence-electron chi connectivity index (χ4n) is 2.70. The van der Waals surface area contributed by atoms with Gasteiger partial charge in [-0.15, -0.1) is 0 Å². The van der Waals surface area contributed by atoms with E-state index in [1.54, 1.807) is 17.6 Å². The molecule has 7 heteroatoms. The van der Waals surface area contributed by atoms with Crippen LogP contribution < -0.4 is 5.59 Å². The van der Waals surface area contributed by atoms with Crippen molar-refractivity contribution >= 4 is 6.09 Å². The molecule has 0 aromatic heterocycles. The molecule has 2 aliphatic heterocycles. The third-order valence-electron chi connectivity index (χ3n) is 3.74. The van der Waals surface area contributed by atoms with Crippen LogP contribution >= 0.6 is 0 Å². The normalized spacial score (nSPS) is 22.4. The summed E-state index contributed by atoms with van der Waals surface area (Å²) in [5.41, 5.74) is 3.87. The molecular weight excluding hydrogens is 272 g/mol. The summed E-state index contributed by atoms with van der Waals surface area (Å²) in [5, 5.41) is 13.2. The van der Waals surface area contributed by atoms with Crippen molar-refractivity contribution < 1.29 is 14.7 Å². The molecular formula is C14H18N4O3. The third-order valence-corrected chi connectivity index (χ3v) is 3.74. The van der Waals surface area contributed by atoms with Crippen LogP contribution in [0.15, 0.2) is 42.8 Å². The van der Waals surface area contributed by atoms with Gasteiger partial charge in [0.05, 0.1) is 12.2 Å². The van der Waals surface area contributed by atoms with E-state index in [1.165, 1.54) is 4.90 Å². The fourth-order valence-corrected chi connectivity index (χ4v) is 2.70. The number of rotatable bonds is 3. The Morgan fingerprint density at radius 3 is 2.81 bits per heavy atom. The van der Waals surface area contributed by atoms with Crippen molar-refractivity contribution in [2.75, 3.05) is 19.6 Å². The van der Waals surface area contributed by atoms with E-state index >= 15 is 0 Å². The smallest absolute Gasteiger partial charge is 0.407 e. The standard InChI is InChI=1S/C14H18N4O3/c19-14(20)17-7-6-16(18-8-9-21-15-18)11-13(17)10-12-4-2-1-3-5-12/h1-5,8-9,13,15H,6-7,10-11H2,(H,19,20). The summed E-state index contributed by atoms with van der Waals surface area (Å²) < 4.78 is 0. The van der Waals surface area contributed by atoms with Gasteiger partial charge in [-0.2, -0.15) is 0 Å². The molecule has 1 aromatic rings. The van der Waals surface area contributed by atoms with Crippen LogP contribution in [0.1, 0.15) is 5.56 Å². The van der Waals surface area contributed by atoms with Crippen LogP contribution in [0.5, 0.6) is 0 Å². The molecule has 1 unspecified atom stereocenters. The largest absolute Gasteiger partial charge is 0.465 e. The molecule has 3 rings (SSSR count). The summed E-state index contributed by atoms with van der Waals surface area (Å²) in [5.74, 6) is 0. The third kappa shape index (κ3) is 3.09. The van der Waals surface area contributed by atoms with Gasteiger partial charge >= 0.3 is 6.09 Å². The Balaban J connectivity index is 1.71. The van der Waals surface area contributed by atoms with Crippen molar-refractivity contribution in [3.05, 3.63) is 48.4 Å². The molecule has 1 atom stereocenters. The van der Waals surface area contributed by atoms with Crippen LogP contribution in [-0.2, 0) is 11.3 Å². The maximum absolute atomic E-state index is 11.4. The van der Waals surface area contributed by atoms with Gasteiger partial charge in [-0.3, -0.25) is 0 Å². The van der Waals surface area contributed by atoms with Gasteiger partial charge in [0, 0.05) is 19.6 Å². The predicted octanol–water partition coefficient (Wildman–Crippen LogP) is 1.03. The second kappa shape index (κ2) is 6.02. The van der Waals surface area contributed by atoms with E-state index in [1.807, 2.05) is 35.3 Å². The number of hydrogen-bond acceptors (Lipinski definition) is 5. The van der Waals surface area contributed by atoms with Gasteiger partial charge in [0.15, 0.2) is 0 Å². The maximum atomic E-state index is 11.4. The number of benzene rings is 1. The van der Waals surface area contributed by atoms with Gasteiger partial charge in [-0.1, -0.05) is 35.9 Å². The molecule has 0 saturated carbocycles. The van der Waals surface area contributed by atoms with Crippen molar-refractivity contribution in [3.63, 3.8) is 0 Å². The van der Waals surface area contributed by atoms with Crippen LogP contribution in [0.25, 0.3) is 0 Å². The summed E-state index contributed by atoms with van der Waals surface area (Å²) in [6.45, 7) is 1.71. The zero-order valence-corrected chi connectivity index (χ0v) is 11.6. The Morgan fingerprint density at radius 2 is 2.14 bits per heavy atom. The van der Waals surface area contributed by atoms with E-state index in [9.17, 15) is 9.90 Å². The first kappa shape index (κ1) is 13.7. The Hall–Kier alpha value is -2.25. The average molecular weight is 290 g/mol. The highest BCUT2D eigenvalue weighted by atomic mass is 16.7. The van der Waals surface area contributed by atoms with Gasteiger partial charge in [-0.05, 0) is 12.0 Å². The van der Waals surface area contributed by atoms with Crippen molar-refractivity contribution in [1.82, 2.24) is 20.6 Å². The molecule has 1 fully saturated rings. The lowest BCUT2D eigenvalue weighted by atomic mass is 10.0. The van der Waals surface area contributed by atoms with E-state index in [4.69, 9.17) is 4.84 Å². The lowest BCUT2D eigenvalue weighted by Gasteiger charge is -2.42. The Labute approximate surface area is 122 Å². The first-order valence-corrected chi connectivity index (χ1v) is 6.89. The minimum atomic E-state index is -0.864. The molecule has 0 bridgehead atoms. The first-order valence-electron chi connectivity index (χ1n) is 6.89. The highest BCUT2D eigenvalue weighted by Gasteiger charge is 2.33. The van der Waals surface area contributed by atoms with Gasteiger partial charge in [0.25, 0.3) is 0 Å². The maximum Gasteiger partial charge on any atom is 0.407 e. The average Bonchev–Trinajstić information content (AvgIpc) is 3.02. The van der Waals surface area contributed by atoms with Gasteiger partial charge in [0.2, 0.25) is 0 Å². The van der Waals surface area contributed by atoms with Crippen LogP contribution in [0.3, 0.4) is 0 Å². The van der Waals surface area contributed by atoms with E-state index in [2.05, 4.69) is 5.59 Å². The number of hydrogen-bond donors (Lipinski definition) is 2. The number of piperazine rings is 1. The first-order chi connectivity index (χ1) is 10.2. The Kier molecular flexibility index (Phi) is 3.94. The molecule has 0 spiro atoms. The number of nitrogens with zero attached hydrogens (tertiary/aromatic N) is 3. The lowest BCUT2D eigenvalue weighted by Crippen LogP contribution is -2.60. The second-order valence-electron chi connectivity index (χ2n) is 5.07. The summed E-state index contributed by atoms with van der Waals surface area (Å²) in [6.07, 6.45) is 3.16. The van der Waals surface area contributed by atoms with E-state index in [0.29, 0.717) is 26.1 Å². The van der Waals surface area contributed by atoms with Crippen molar-refractivity contribution in [2.24, 2.45) is 0 Å². The van der Waals surface area contributed by atoms with Crippen molar-refractivity contribution in [3.8, 4) is 0 Å². The van der Waals surface area contributed by atoms with Crippen LogP contribution in [0.4, 0.5) is 4.79 Å². The summed E-state index contributed by atoms with van der Waals surface area (Å²) in [6, 6.07) is 9.86. The van der Waals surface area contributed by atoms with Gasteiger partial charge in [0.1, 0.15) is 6.26 Å². The summed E-state index contributed by atoms with van der Waals surface area (Å²) in [7, 11) is 0. The number of carboxylic acid groups (broad SMARTS) is 1. The molecule has 21 heavy (non-hydrogen) atoms. The summed E-state index contributed by atoms with van der Waals surface area (Å²) in [4.78, 5) is 17.9. The molecule has 7 nitrogen and oxygen atoms in total. The number of carbonyl (C=O) groups is 1. The molecule has 1 saturated heterocycles. The predicted molar refractivity (Wildman–Crippen MR) is 75.4 cm³/mol. The van der Waals surface area contributed by atoms with E-state index in [-0.39, 0.29) is 6.04 Å². The molecule has 2 aliphatic rings. The minimum Gasteiger partial charge on any atom is -0.465 e. The fraction of sp³-hybridized carbons (Fsp3) is 0.357. The number of amides is 1. The van der Waals surface area contributed by atoms with Crippen molar-refractivity contribution in [1.29, 1.82) is 0 Å². The van der Waals surface area contributed by atoms with E-state index < -0.39 is 6.09 Å². The Bertz CT molecular complexity index is 522. The number of nitrogens with one attached hydrogen (secondary N) is 1. The van der Waals surface area contributed by atoms with E-state index in [0.717, 1.165) is 5.56 Å². The SMILES string of the molecule is O=C(O)N1CCN(N2C=CON2)CC1Cc1ccccc1. The molecule has 2 heterocycles. The second-order valence-corrected chi connectivity index (χ2v) is 5.07. The quantitative estimate of drug-likeness (QED) is 0.866. The van der Waals surface area contributed by atoms with Crippen LogP contribution in [0.2, 0.25) is 0 Å². The highest BCUT2D eigenvalue weighted by Crippen LogP contribution is 2.17. The monoisotopic (exact) mass is 290 g/mol. The topological polar surface area (TPSA) is 68.3 Å². The lowest BCUT2D eigenvalue weighted by molar-refractivity contribution is -0.127. The van der Waals surface area contributed by atoms with Gasteiger partial charge < -0.3 is 14.8 Å². The molecule has 112 valence electrons. The summed E-state index contributed by atoms with van der Waals surface area (Å²) >= 11 is 0. The molecule has 0 radical (unpaired) electrons. The molecule has 1 amide bonds. The Morgan fingerprint density at radius 1 is 1.33 bits per heavy atom. The zero-order valence-electron chi connectivity index (χ0n) is 11.6. The highest BCUT2D eigenvalue weighted by molar-refractivity contribution is 5.65. The van der Waals surface area contributed by atoms with Gasteiger partial charge in [-0.25, -0.2) is 14.9 Å². The molecule has 2 N–H and O–H groups in total.